The monoisotopic (exact) mass is 265 g/mol. The number of aryl methyl sites for hydroxylation is 2. The molecular formula is C12H15N3O2S. The van der Waals surface area contributed by atoms with E-state index in [1.54, 1.807) is 4.57 Å². The number of H-pyrrole nitrogens is 1. The number of pyridine rings is 1. The summed E-state index contributed by atoms with van der Waals surface area (Å²) in [7, 11) is 0. The van der Waals surface area contributed by atoms with Crippen LogP contribution >= 0.6 is 12.2 Å². The van der Waals surface area contributed by atoms with Crippen LogP contribution in [0, 0.1) is 18.7 Å². The van der Waals surface area contributed by atoms with Crippen LogP contribution in [0.1, 0.15) is 24.6 Å². The first-order valence-corrected chi connectivity index (χ1v) is 6.22. The van der Waals surface area contributed by atoms with Crippen molar-refractivity contribution in [3.8, 4) is 11.5 Å². The Kier molecular flexibility index (Phi) is 3.47. The van der Waals surface area contributed by atoms with Gasteiger partial charge in [0.05, 0.1) is 0 Å². The van der Waals surface area contributed by atoms with Crippen molar-refractivity contribution in [3.63, 3.8) is 0 Å². The minimum atomic E-state index is -0.0837. The molecule has 0 bridgehead atoms. The highest BCUT2D eigenvalue weighted by atomic mass is 32.1. The third-order valence-corrected chi connectivity index (χ3v) is 2.98. The molecular weight excluding hydrogens is 250 g/mol. The zero-order chi connectivity index (χ0) is 13.3. The Hall–Kier alpha value is -1.69. The summed E-state index contributed by atoms with van der Waals surface area (Å²) in [6, 6.07) is 1.96. The standard InChI is InChI=1S/C12H15N3O2S/c1-4-5-15-8(3)6-7(2)9(11(15)16)10-13-14-12(18)17-10/h6H,4-5H2,1-3H3,(H,14,18). The van der Waals surface area contributed by atoms with Gasteiger partial charge in [0.15, 0.2) is 0 Å². The summed E-state index contributed by atoms with van der Waals surface area (Å²) in [6.07, 6.45) is 0.896. The molecule has 1 N–H and O–H groups in total. The van der Waals surface area contributed by atoms with E-state index in [0.29, 0.717) is 12.1 Å². The van der Waals surface area contributed by atoms with Crippen molar-refractivity contribution in [2.45, 2.75) is 33.7 Å². The van der Waals surface area contributed by atoms with Crippen LogP contribution in [0.3, 0.4) is 0 Å². The molecule has 0 saturated heterocycles. The minimum Gasteiger partial charge on any atom is -0.409 e. The quantitative estimate of drug-likeness (QED) is 0.866. The molecule has 0 radical (unpaired) electrons. The third-order valence-electron chi connectivity index (χ3n) is 2.80. The number of aromatic amines is 1. The molecule has 96 valence electrons. The van der Waals surface area contributed by atoms with E-state index in [0.717, 1.165) is 17.7 Å². The van der Waals surface area contributed by atoms with Crippen LogP contribution in [-0.2, 0) is 6.54 Å². The molecule has 5 nitrogen and oxygen atoms in total. The van der Waals surface area contributed by atoms with Crippen LogP contribution in [0.2, 0.25) is 0 Å². The highest BCUT2D eigenvalue weighted by Crippen LogP contribution is 2.18. The second-order valence-corrected chi connectivity index (χ2v) is 4.59. The van der Waals surface area contributed by atoms with Crippen LogP contribution in [-0.4, -0.2) is 14.8 Å². The maximum Gasteiger partial charge on any atom is 0.284 e. The molecule has 0 fully saturated rings. The van der Waals surface area contributed by atoms with Crippen molar-refractivity contribution in [2.24, 2.45) is 0 Å². The first-order chi connectivity index (χ1) is 8.54. The van der Waals surface area contributed by atoms with Gasteiger partial charge in [0, 0.05) is 12.2 Å². The predicted octanol–water partition coefficient (Wildman–Crippen LogP) is 2.59. The Morgan fingerprint density at radius 1 is 1.50 bits per heavy atom. The summed E-state index contributed by atoms with van der Waals surface area (Å²) in [4.78, 5) is 12.6. The molecule has 6 heteroatoms. The van der Waals surface area contributed by atoms with Crippen molar-refractivity contribution in [1.29, 1.82) is 0 Å². The molecule has 0 spiro atoms. The highest BCUT2D eigenvalue weighted by Gasteiger charge is 2.16. The lowest BCUT2D eigenvalue weighted by molar-refractivity contribution is 0.548. The van der Waals surface area contributed by atoms with E-state index in [-0.39, 0.29) is 16.3 Å². The topological polar surface area (TPSA) is 63.8 Å². The van der Waals surface area contributed by atoms with Crippen molar-refractivity contribution >= 4 is 12.2 Å². The summed E-state index contributed by atoms with van der Waals surface area (Å²) in [5, 5.41) is 6.47. The average molecular weight is 265 g/mol. The molecule has 2 aromatic rings. The van der Waals surface area contributed by atoms with E-state index in [9.17, 15) is 4.79 Å². The Morgan fingerprint density at radius 3 is 2.78 bits per heavy atom. The van der Waals surface area contributed by atoms with Crippen LogP contribution in [0.5, 0.6) is 0 Å². The number of hydrogen-bond acceptors (Lipinski definition) is 4. The largest absolute Gasteiger partial charge is 0.409 e. The second kappa shape index (κ2) is 4.89. The molecule has 2 rings (SSSR count). The number of nitrogens with one attached hydrogen (secondary N) is 1. The van der Waals surface area contributed by atoms with Gasteiger partial charge in [-0.15, -0.1) is 5.10 Å². The van der Waals surface area contributed by atoms with Crippen molar-refractivity contribution in [1.82, 2.24) is 14.8 Å². The second-order valence-electron chi connectivity index (χ2n) is 4.22. The van der Waals surface area contributed by atoms with Crippen LogP contribution in [0.25, 0.3) is 11.5 Å². The molecule has 0 aromatic carbocycles. The van der Waals surface area contributed by atoms with Gasteiger partial charge in [0.2, 0.25) is 0 Å². The minimum absolute atomic E-state index is 0.0837. The lowest BCUT2D eigenvalue weighted by atomic mass is 10.1. The fourth-order valence-electron chi connectivity index (χ4n) is 2.03. The zero-order valence-electron chi connectivity index (χ0n) is 10.6. The normalized spacial score (nSPS) is 10.8. The van der Waals surface area contributed by atoms with E-state index >= 15 is 0 Å². The lowest BCUT2D eigenvalue weighted by Crippen LogP contribution is -2.24. The van der Waals surface area contributed by atoms with E-state index in [2.05, 4.69) is 10.2 Å². The lowest BCUT2D eigenvalue weighted by Gasteiger charge is -2.11. The third kappa shape index (κ3) is 2.15. The van der Waals surface area contributed by atoms with Gasteiger partial charge in [0.1, 0.15) is 5.56 Å². The summed E-state index contributed by atoms with van der Waals surface area (Å²) in [6.45, 7) is 6.51. The number of nitrogens with zero attached hydrogens (tertiary/aromatic N) is 2. The number of aromatic nitrogens is 3. The van der Waals surface area contributed by atoms with Crippen molar-refractivity contribution < 1.29 is 4.42 Å². The molecule has 0 amide bonds. The Labute approximate surface area is 109 Å². The first-order valence-electron chi connectivity index (χ1n) is 5.81. The van der Waals surface area contributed by atoms with Crippen LogP contribution in [0.4, 0.5) is 0 Å². The van der Waals surface area contributed by atoms with E-state index in [4.69, 9.17) is 16.6 Å². The Bertz CT molecular complexity index is 681. The first kappa shape index (κ1) is 12.8. The summed E-state index contributed by atoms with van der Waals surface area (Å²) >= 11 is 4.84. The highest BCUT2D eigenvalue weighted by molar-refractivity contribution is 7.71. The summed E-state index contributed by atoms with van der Waals surface area (Å²) in [5.41, 5.74) is 2.17. The van der Waals surface area contributed by atoms with E-state index < -0.39 is 0 Å². The van der Waals surface area contributed by atoms with Gasteiger partial charge < -0.3 is 8.98 Å². The van der Waals surface area contributed by atoms with E-state index in [1.165, 1.54) is 0 Å². The van der Waals surface area contributed by atoms with Crippen molar-refractivity contribution in [3.05, 3.63) is 32.5 Å². The number of hydrogen-bond donors (Lipinski definition) is 1. The van der Waals surface area contributed by atoms with Gasteiger partial charge in [-0.2, -0.15) is 0 Å². The molecule has 18 heavy (non-hydrogen) atoms. The molecule has 0 atom stereocenters. The maximum absolute atomic E-state index is 12.4. The SMILES string of the molecule is CCCn1c(C)cc(C)c(-c2n[nH]c(=S)o2)c1=O. The maximum atomic E-state index is 12.4. The summed E-state index contributed by atoms with van der Waals surface area (Å²) < 4.78 is 6.97. The van der Waals surface area contributed by atoms with E-state index in [1.807, 2.05) is 26.8 Å². The van der Waals surface area contributed by atoms with Crippen LogP contribution < -0.4 is 5.56 Å². The van der Waals surface area contributed by atoms with Gasteiger partial charge in [-0.3, -0.25) is 4.79 Å². The fourth-order valence-corrected chi connectivity index (χ4v) is 2.15. The van der Waals surface area contributed by atoms with Gasteiger partial charge in [-0.25, -0.2) is 5.10 Å². The molecule has 2 aromatic heterocycles. The molecule has 0 aliphatic rings. The van der Waals surface area contributed by atoms with Crippen molar-refractivity contribution in [2.75, 3.05) is 0 Å². The fraction of sp³-hybridized carbons (Fsp3) is 0.417. The molecule has 0 unspecified atom stereocenters. The molecule has 0 aliphatic carbocycles. The molecule has 0 saturated carbocycles. The van der Waals surface area contributed by atoms with Gasteiger partial charge >= 0.3 is 0 Å². The smallest absolute Gasteiger partial charge is 0.284 e. The van der Waals surface area contributed by atoms with Gasteiger partial charge in [-0.05, 0) is 44.1 Å². The Balaban J connectivity index is 2.71. The molecule has 0 aliphatic heterocycles. The predicted molar refractivity (Wildman–Crippen MR) is 71.1 cm³/mol. The summed E-state index contributed by atoms with van der Waals surface area (Å²) in [5.74, 6) is 0.257. The average Bonchev–Trinajstić information content (AvgIpc) is 2.70. The van der Waals surface area contributed by atoms with Gasteiger partial charge in [0.25, 0.3) is 16.3 Å². The molecule has 2 heterocycles. The zero-order valence-corrected chi connectivity index (χ0v) is 11.4. The van der Waals surface area contributed by atoms with Gasteiger partial charge in [-0.1, -0.05) is 6.92 Å². The number of rotatable bonds is 3. The Morgan fingerprint density at radius 2 is 2.22 bits per heavy atom. The van der Waals surface area contributed by atoms with Crippen LogP contribution in [0.15, 0.2) is 15.3 Å².